The van der Waals surface area contributed by atoms with E-state index in [-0.39, 0.29) is 0 Å². The molecule has 0 spiro atoms. The summed E-state index contributed by atoms with van der Waals surface area (Å²) in [5.74, 6) is 0.866. The summed E-state index contributed by atoms with van der Waals surface area (Å²) in [5, 5.41) is 8.75. The Morgan fingerprint density at radius 3 is 2.92 bits per heavy atom. The highest BCUT2D eigenvalue weighted by atomic mass is 16.2. The number of hydrogen-bond acceptors (Lipinski definition) is 2. The van der Waals surface area contributed by atoms with Gasteiger partial charge in [0, 0.05) is 19.2 Å². The van der Waals surface area contributed by atoms with Crippen molar-refractivity contribution in [2.24, 2.45) is 5.92 Å². The summed E-state index contributed by atoms with van der Waals surface area (Å²) in [6, 6.07) is 0.662. The third kappa shape index (κ3) is 3.65. The Bertz CT molecular complexity index is 138. The van der Waals surface area contributed by atoms with Gasteiger partial charge in [-0.3, -0.25) is 0 Å². The normalized spacial score (nSPS) is 27.5. The van der Waals surface area contributed by atoms with Crippen LogP contribution in [0, 0.1) is 5.92 Å². The maximum atomic E-state index is 8.75. The summed E-state index contributed by atoms with van der Waals surface area (Å²) >= 11 is 0. The number of aliphatic hydroxyl groups is 1. The zero-order valence-electron chi connectivity index (χ0n) is 9.00. The molecule has 1 fully saturated rings. The largest absolute Gasteiger partial charge is 0.396 e. The lowest BCUT2D eigenvalue weighted by Crippen LogP contribution is -2.40. The van der Waals surface area contributed by atoms with E-state index in [1.807, 2.05) is 0 Å². The van der Waals surface area contributed by atoms with Crippen LogP contribution in [-0.4, -0.2) is 35.7 Å². The molecule has 0 aromatic carbocycles. The van der Waals surface area contributed by atoms with Crippen LogP contribution in [0.1, 0.15) is 39.5 Å². The maximum absolute atomic E-state index is 8.75. The van der Waals surface area contributed by atoms with E-state index in [0.29, 0.717) is 12.6 Å². The molecule has 0 saturated carbocycles. The Morgan fingerprint density at radius 2 is 2.31 bits per heavy atom. The average Bonchev–Trinajstić information content (AvgIpc) is 2.14. The minimum Gasteiger partial charge on any atom is -0.396 e. The lowest BCUT2D eigenvalue weighted by molar-refractivity contribution is 0.126. The predicted octanol–water partition coefficient (Wildman–Crippen LogP) is 1.88. The Balaban J connectivity index is 2.24. The SMILES string of the molecule is C[C@H]1CCCN([C@H](C)CCCO)C1. The van der Waals surface area contributed by atoms with Crippen molar-refractivity contribution in [1.29, 1.82) is 0 Å². The topological polar surface area (TPSA) is 23.5 Å². The lowest BCUT2D eigenvalue weighted by atomic mass is 9.98. The smallest absolute Gasteiger partial charge is 0.0431 e. The van der Waals surface area contributed by atoms with Crippen molar-refractivity contribution in [1.82, 2.24) is 4.90 Å². The number of aliphatic hydroxyl groups excluding tert-OH is 1. The Kier molecular flexibility index (Phi) is 4.74. The fourth-order valence-corrected chi connectivity index (χ4v) is 2.20. The highest BCUT2D eigenvalue weighted by Gasteiger charge is 2.20. The monoisotopic (exact) mass is 185 g/mol. The van der Waals surface area contributed by atoms with E-state index in [4.69, 9.17) is 5.11 Å². The first-order valence-corrected chi connectivity index (χ1v) is 5.59. The zero-order chi connectivity index (χ0) is 9.68. The molecule has 2 heteroatoms. The van der Waals surface area contributed by atoms with Crippen molar-refractivity contribution in [2.75, 3.05) is 19.7 Å². The van der Waals surface area contributed by atoms with Gasteiger partial charge in [0.1, 0.15) is 0 Å². The molecular weight excluding hydrogens is 162 g/mol. The van der Waals surface area contributed by atoms with Crippen LogP contribution in [0.4, 0.5) is 0 Å². The summed E-state index contributed by atoms with van der Waals surface area (Å²) < 4.78 is 0. The van der Waals surface area contributed by atoms with E-state index in [0.717, 1.165) is 18.8 Å². The van der Waals surface area contributed by atoms with Crippen LogP contribution < -0.4 is 0 Å². The molecule has 1 N–H and O–H groups in total. The zero-order valence-corrected chi connectivity index (χ0v) is 9.00. The number of likely N-dealkylation sites (tertiary alicyclic amines) is 1. The van der Waals surface area contributed by atoms with Gasteiger partial charge in [0.15, 0.2) is 0 Å². The molecule has 1 aliphatic rings. The van der Waals surface area contributed by atoms with E-state index in [1.165, 1.54) is 25.9 Å². The van der Waals surface area contributed by atoms with Gasteiger partial charge in [-0.1, -0.05) is 6.92 Å². The van der Waals surface area contributed by atoms with Crippen LogP contribution in [0.25, 0.3) is 0 Å². The summed E-state index contributed by atoms with van der Waals surface area (Å²) in [6.07, 6.45) is 4.84. The molecule has 0 bridgehead atoms. The van der Waals surface area contributed by atoms with Gasteiger partial charge in [0.25, 0.3) is 0 Å². The Morgan fingerprint density at radius 1 is 1.54 bits per heavy atom. The number of hydrogen-bond donors (Lipinski definition) is 1. The number of nitrogens with zero attached hydrogens (tertiary/aromatic N) is 1. The summed E-state index contributed by atoms with van der Waals surface area (Å²) in [4.78, 5) is 2.57. The molecule has 0 amide bonds. The van der Waals surface area contributed by atoms with E-state index in [9.17, 15) is 0 Å². The second-order valence-corrected chi connectivity index (χ2v) is 4.46. The van der Waals surface area contributed by atoms with Gasteiger partial charge < -0.3 is 10.0 Å². The number of piperidine rings is 1. The summed E-state index contributed by atoms with van der Waals surface area (Å²) in [7, 11) is 0. The van der Waals surface area contributed by atoms with Gasteiger partial charge in [-0.05, 0) is 45.1 Å². The van der Waals surface area contributed by atoms with Crippen molar-refractivity contribution in [3.05, 3.63) is 0 Å². The fraction of sp³-hybridized carbons (Fsp3) is 1.00. The van der Waals surface area contributed by atoms with Crippen LogP contribution in [-0.2, 0) is 0 Å². The minimum absolute atomic E-state index is 0.341. The molecule has 78 valence electrons. The maximum Gasteiger partial charge on any atom is 0.0431 e. The molecule has 0 radical (unpaired) electrons. The molecule has 0 unspecified atom stereocenters. The second kappa shape index (κ2) is 5.61. The van der Waals surface area contributed by atoms with Crippen molar-refractivity contribution in [3.8, 4) is 0 Å². The lowest BCUT2D eigenvalue weighted by Gasteiger charge is -2.35. The van der Waals surface area contributed by atoms with Gasteiger partial charge in [0.2, 0.25) is 0 Å². The van der Waals surface area contributed by atoms with E-state index in [2.05, 4.69) is 18.7 Å². The molecule has 2 atom stereocenters. The standard InChI is InChI=1S/C11H23NO/c1-10-5-3-7-12(9-10)11(2)6-4-8-13/h10-11,13H,3-9H2,1-2H3/t10-,11+/m0/s1. The van der Waals surface area contributed by atoms with E-state index < -0.39 is 0 Å². The molecule has 0 aliphatic carbocycles. The molecule has 0 aromatic rings. The molecular formula is C11H23NO. The average molecular weight is 185 g/mol. The Hall–Kier alpha value is -0.0800. The molecule has 1 aliphatic heterocycles. The van der Waals surface area contributed by atoms with Crippen LogP contribution in [0.2, 0.25) is 0 Å². The van der Waals surface area contributed by atoms with Crippen molar-refractivity contribution < 1.29 is 5.11 Å². The third-order valence-electron chi connectivity index (χ3n) is 3.09. The van der Waals surface area contributed by atoms with Crippen LogP contribution >= 0.6 is 0 Å². The van der Waals surface area contributed by atoms with Crippen molar-refractivity contribution in [2.45, 2.75) is 45.6 Å². The molecule has 1 heterocycles. The van der Waals surface area contributed by atoms with Gasteiger partial charge in [-0.2, -0.15) is 0 Å². The predicted molar refractivity (Wildman–Crippen MR) is 55.8 cm³/mol. The van der Waals surface area contributed by atoms with Gasteiger partial charge in [-0.15, -0.1) is 0 Å². The third-order valence-corrected chi connectivity index (χ3v) is 3.09. The summed E-state index contributed by atoms with van der Waals surface area (Å²) in [6.45, 7) is 7.48. The first kappa shape index (κ1) is 11.0. The van der Waals surface area contributed by atoms with Crippen LogP contribution in [0.15, 0.2) is 0 Å². The molecule has 0 aromatic heterocycles. The minimum atomic E-state index is 0.341. The highest BCUT2D eigenvalue weighted by molar-refractivity contribution is 4.74. The number of rotatable bonds is 4. The quantitative estimate of drug-likeness (QED) is 0.723. The first-order chi connectivity index (χ1) is 6.24. The van der Waals surface area contributed by atoms with Gasteiger partial charge >= 0.3 is 0 Å². The van der Waals surface area contributed by atoms with Crippen molar-refractivity contribution in [3.63, 3.8) is 0 Å². The highest BCUT2D eigenvalue weighted by Crippen LogP contribution is 2.19. The molecule has 2 nitrogen and oxygen atoms in total. The van der Waals surface area contributed by atoms with Crippen LogP contribution in [0.5, 0.6) is 0 Å². The second-order valence-electron chi connectivity index (χ2n) is 4.46. The molecule has 1 rings (SSSR count). The summed E-state index contributed by atoms with van der Waals surface area (Å²) in [5.41, 5.74) is 0. The van der Waals surface area contributed by atoms with Gasteiger partial charge in [-0.25, -0.2) is 0 Å². The fourth-order valence-electron chi connectivity index (χ4n) is 2.20. The van der Waals surface area contributed by atoms with Gasteiger partial charge in [0.05, 0.1) is 0 Å². The Labute approximate surface area is 81.9 Å². The van der Waals surface area contributed by atoms with Crippen LogP contribution in [0.3, 0.4) is 0 Å². The van der Waals surface area contributed by atoms with E-state index >= 15 is 0 Å². The van der Waals surface area contributed by atoms with E-state index in [1.54, 1.807) is 0 Å². The molecule has 13 heavy (non-hydrogen) atoms. The van der Waals surface area contributed by atoms with Crippen molar-refractivity contribution >= 4 is 0 Å². The first-order valence-electron chi connectivity index (χ1n) is 5.59. The molecule has 1 saturated heterocycles.